The van der Waals surface area contributed by atoms with Gasteiger partial charge in [0.2, 0.25) is 0 Å². The summed E-state index contributed by atoms with van der Waals surface area (Å²) in [5, 5.41) is 10.2. The molecule has 0 aliphatic heterocycles. The van der Waals surface area contributed by atoms with E-state index in [0.717, 1.165) is 35.0 Å². The molecule has 118 valence electrons. The molecule has 0 aromatic carbocycles. The van der Waals surface area contributed by atoms with Crippen molar-refractivity contribution in [3.63, 3.8) is 0 Å². The Morgan fingerprint density at radius 3 is 3.00 bits per heavy atom. The highest BCUT2D eigenvalue weighted by molar-refractivity contribution is 7.98. The molecule has 1 aliphatic rings. The minimum atomic E-state index is -0.903. The molecule has 7 heteroatoms. The zero-order valence-electron chi connectivity index (χ0n) is 12.6. The highest BCUT2D eigenvalue weighted by Gasteiger charge is 2.24. The summed E-state index contributed by atoms with van der Waals surface area (Å²) in [6, 6.07) is 0. The Morgan fingerprint density at radius 2 is 2.32 bits per heavy atom. The van der Waals surface area contributed by atoms with Gasteiger partial charge in [0, 0.05) is 11.4 Å². The van der Waals surface area contributed by atoms with E-state index < -0.39 is 5.97 Å². The lowest BCUT2D eigenvalue weighted by atomic mass is 9.89. The van der Waals surface area contributed by atoms with Crippen LogP contribution >= 0.6 is 23.1 Å². The monoisotopic (exact) mass is 338 g/mol. The third-order valence-corrected chi connectivity index (χ3v) is 5.94. The van der Waals surface area contributed by atoms with Crippen LogP contribution < -0.4 is 5.56 Å². The van der Waals surface area contributed by atoms with E-state index in [1.807, 2.05) is 6.26 Å². The Labute approximate surface area is 136 Å². The average Bonchev–Trinajstić information content (AvgIpc) is 2.82. The SMILES string of the molecule is CSc1nc2sc3c(c2c(=O)n1CCC(=O)O)CCC(C)C3. The molecule has 1 atom stereocenters. The van der Waals surface area contributed by atoms with E-state index in [9.17, 15) is 9.59 Å². The van der Waals surface area contributed by atoms with Crippen molar-refractivity contribution in [1.29, 1.82) is 0 Å². The molecule has 0 bridgehead atoms. The van der Waals surface area contributed by atoms with Crippen molar-refractivity contribution < 1.29 is 9.90 Å². The molecule has 1 unspecified atom stereocenters. The van der Waals surface area contributed by atoms with E-state index in [0.29, 0.717) is 11.1 Å². The van der Waals surface area contributed by atoms with Crippen LogP contribution in [0.25, 0.3) is 10.2 Å². The Kier molecular flexibility index (Phi) is 4.27. The summed E-state index contributed by atoms with van der Waals surface area (Å²) in [6.45, 7) is 2.41. The van der Waals surface area contributed by atoms with Gasteiger partial charge in [0.25, 0.3) is 5.56 Å². The number of fused-ring (bicyclic) bond motifs is 3. The second-order valence-corrected chi connectivity index (χ2v) is 7.59. The Bertz CT molecular complexity index is 794. The Balaban J connectivity index is 2.17. The van der Waals surface area contributed by atoms with Crippen LogP contribution in [-0.4, -0.2) is 26.9 Å². The molecule has 2 heterocycles. The number of hydrogen-bond acceptors (Lipinski definition) is 5. The fourth-order valence-electron chi connectivity index (χ4n) is 2.97. The quantitative estimate of drug-likeness (QED) is 0.685. The molecule has 1 N–H and O–H groups in total. The first kappa shape index (κ1) is 15.6. The van der Waals surface area contributed by atoms with Crippen molar-refractivity contribution in [1.82, 2.24) is 9.55 Å². The van der Waals surface area contributed by atoms with Gasteiger partial charge in [-0.15, -0.1) is 11.3 Å². The number of hydrogen-bond donors (Lipinski definition) is 1. The Morgan fingerprint density at radius 1 is 1.55 bits per heavy atom. The van der Waals surface area contributed by atoms with Crippen LogP contribution in [-0.2, 0) is 24.2 Å². The van der Waals surface area contributed by atoms with E-state index in [2.05, 4.69) is 11.9 Å². The smallest absolute Gasteiger partial charge is 0.305 e. The summed E-state index contributed by atoms with van der Waals surface area (Å²) in [5.41, 5.74) is 1.06. The first-order valence-electron chi connectivity index (χ1n) is 7.32. The van der Waals surface area contributed by atoms with E-state index in [1.165, 1.54) is 21.2 Å². The number of nitrogens with zero attached hydrogens (tertiary/aromatic N) is 2. The molecule has 0 spiro atoms. The van der Waals surface area contributed by atoms with Crippen LogP contribution in [0.1, 0.15) is 30.2 Å². The summed E-state index contributed by atoms with van der Waals surface area (Å²) >= 11 is 3.01. The summed E-state index contributed by atoms with van der Waals surface area (Å²) in [5.74, 6) is -0.255. The molecule has 2 aromatic rings. The lowest BCUT2D eigenvalue weighted by Crippen LogP contribution is -2.25. The second-order valence-electron chi connectivity index (χ2n) is 5.73. The molecule has 1 aliphatic carbocycles. The van der Waals surface area contributed by atoms with Crippen LogP contribution in [0.2, 0.25) is 0 Å². The second kappa shape index (κ2) is 6.04. The van der Waals surface area contributed by atoms with E-state index in [1.54, 1.807) is 11.3 Å². The number of rotatable bonds is 4. The van der Waals surface area contributed by atoms with E-state index >= 15 is 0 Å². The highest BCUT2D eigenvalue weighted by atomic mass is 32.2. The molecule has 0 radical (unpaired) electrons. The number of carboxylic acids is 1. The van der Waals surface area contributed by atoms with Gasteiger partial charge in [-0.1, -0.05) is 18.7 Å². The zero-order valence-corrected chi connectivity index (χ0v) is 14.2. The van der Waals surface area contributed by atoms with Gasteiger partial charge in [-0.2, -0.15) is 0 Å². The predicted octanol–water partition coefficient (Wildman–Crippen LogP) is 2.78. The van der Waals surface area contributed by atoms with Crippen molar-refractivity contribution in [3.8, 4) is 0 Å². The molecule has 22 heavy (non-hydrogen) atoms. The van der Waals surface area contributed by atoms with Crippen LogP contribution in [0.4, 0.5) is 0 Å². The van der Waals surface area contributed by atoms with Crippen molar-refractivity contribution >= 4 is 39.3 Å². The maximum absolute atomic E-state index is 12.9. The maximum Gasteiger partial charge on any atom is 0.305 e. The molecule has 0 fully saturated rings. The van der Waals surface area contributed by atoms with Crippen molar-refractivity contribution in [2.24, 2.45) is 5.92 Å². The van der Waals surface area contributed by atoms with Gasteiger partial charge in [0.15, 0.2) is 5.16 Å². The third kappa shape index (κ3) is 2.67. The van der Waals surface area contributed by atoms with Crippen LogP contribution in [0.3, 0.4) is 0 Å². The first-order chi connectivity index (χ1) is 10.5. The van der Waals surface area contributed by atoms with Crippen molar-refractivity contribution in [3.05, 3.63) is 20.8 Å². The molecular weight excluding hydrogens is 320 g/mol. The molecule has 5 nitrogen and oxygen atoms in total. The summed E-state index contributed by atoms with van der Waals surface area (Å²) < 4.78 is 1.52. The molecule has 2 aromatic heterocycles. The standard InChI is InChI=1S/C15H18N2O3S2/c1-8-3-4-9-10(7-8)22-13-12(9)14(20)17(6-5-11(18)19)15(16-13)21-2/h8H,3-7H2,1-2H3,(H,18,19). The molecular formula is C15H18N2O3S2. The van der Waals surface area contributed by atoms with Crippen LogP contribution in [0.15, 0.2) is 9.95 Å². The lowest BCUT2D eigenvalue weighted by molar-refractivity contribution is -0.137. The number of aliphatic carboxylic acids is 1. The summed E-state index contributed by atoms with van der Waals surface area (Å²) in [6.07, 6.45) is 4.83. The molecule has 3 rings (SSSR count). The number of thioether (sulfide) groups is 1. The number of carboxylic acid groups (broad SMARTS) is 1. The van der Waals surface area contributed by atoms with Gasteiger partial charge in [0.05, 0.1) is 11.8 Å². The predicted molar refractivity (Wildman–Crippen MR) is 89.1 cm³/mol. The van der Waals surface area contributed by atoms with Gasteiger partial charge in [-0.05, 0) is 37.0 Å². The van der Waals surface area contributed by atoms with Crippen LogP contribution in [0.5, 0.6) is 0 Å². The van der Waals surface area contributed by atoms with Crippen LogP contribution in [0, 0.1) is 5.92 Å². The van der Waals surface area contributed by atoms with E-state index in [4.69, 9.17) is 5.11 Å². The maximum atomic E-state index is 12.9. The normalized spacial score (nSPS) is 17.6. The third-order valence-electron chi connectivity index (χ3n) is 4.11. The fourth-order valence-corrected chi connectivity index (χ4v) is 4.97. The average molecular weight is 338 g/mol. The molecule has 0 amide bonds. The van der Waals surface area contributed by atoms with Crippen molar-refractivity contribution in [2.45, 2.75) is 44.3 Å². The number of aryl methyl sites for hydroxylation is 1. The summed E-state index contributed by atoms with van der Waals surface area (Å²) in [7, 11) is 0. The van der Waals surface area contributed by atoms with Gasteiger partial charge in [-0.3, -0.25) is 14.2 Å². The number of carbonyl (C=O) groups is 1. The minimum absolute atomic E-state index is 0.0655. The highest BCUT2D eigenvalue weighted by Crippen LogP contribution is 2.36. The molecule has 0 saturated heterocycles. The lowest BCUT2D eigenvalue weighted by Gasteiger charge is -2.17. The number of thiophene rings is 1. The van der Waals surface area contributed by atoms with E-state index in [-0.39, 0.29) is 18.5 Å². The topological polar surface area (TPSA) is 72.2 Å². The summed E-state index contributed by atoms with van der Waals surface area (Å²) in [4.78, 5) is 30.4. The number of aromatic nitrogens is 2. The fraction of sp³-hybridized carbons (Fsp3) is 0.533. The van der Waals surface area contributed by atoms with Gasteiger partial charge < -0.3 is 5.11 Å². The van der Waals surface area contributed by atoms with Gasteiger partial charge in [-0.25, -0.2) is 4.98 Å². The first-order valence-corrected chi connectivity index (χ1v) is 9.36. The molecule has 0 saturated carbocycles. The van der Waals surface area contributed by atoms with Crippen molar-refractivity contribution in [2.75, 3.05) is 6.26 Å². The van der Waals surface area contributed by atoms with Gasteiger partial charge in [0.1, 0.15) is 4.83 Å². The Hall–Kier alpha value is -1.34. The van der Waals surface area contributed by atoms with Gasteiger partial charge >= 0.3 is 5.97 Å². The largest absolute Gasteiger partial charge is 0.481 e. The zero-order chi connectivity index (χ0) is 15.9. The minimum Gasteiger partial charge on any atom is -0.481 e.